The fourth-order valence-corrected chi connectivity index (χ4v) is 4.91. The topological polar surface area (TPSA) is 54.4 Å². The van der Waals surface area contributed by atoms with Crippen molar-refractivity contribution in [1.82, 2.24) is 9.91 Å². The minimum atomic E-state index is -0.471. The van der Waals surface area contributed by atoms with Crippen LogP contribution in [-0.4, -0.2) is 60.2 Å². The molecular formula is C24H25ClFN3O3. The van der Waals surface area contributed by atoms with E-state index < -0.39 is 5.79 Å². The van der Waals surface area contributed by atoms with Gasteiger partial charge in [-0.3, -0.25) is 9.69 Å². The number of halogens is 2. The lowest BCUT2D eigenvalue weighted by atomic mass is 9.98. The number of ether oxygens (including phenoxy) is 2. The third-order valence-corrected chi connectivity index (χ3v) is 6.74. The average molecular weight is 458 g/mol. The Morgan fingerprint density at radius 3 is 2.47 bits per heavy atom. The van der Waals surface area contributed by atoms with Gasteiger partial charge in [0, 0.05) is 37.4 Å². The predicted molar refractivity (Wildman–Crippen MR) is 119 cm³/mol. The summed E-state index contributed by atoms with van der Waals surface area (Å²) in [4.78, 5) is 15.5. The molecule has 6 nitrogen and oxygen atoms in total. The van der Waals surface area contributed by atoms with Crippen molar-refractivity contribution >= 4 is 23.2 Å². The first-order valence-corrected chi connectivity index (χ1v) is 11.3. The molecule has 2 fully saturated rings. The van der Waals surface area contributed by atoms with Crippen molar-refractivity contribution in [1.29, 1.82) is 0 Å². The van der Waals surface area contributed by atoms with Crippen LogP contribution in [0, 0.1) is 5.82 Å². The second-order valence-electron chi connectivity index (χ2n) is 8.42. The number of likely N-dealkylation sites (tertiary alicyclic amines) is 1. The molecule has 5 rings (SSSR count). The van der Waals surface area contributed by atoms with Crippen LogP contribution in [0.3, 0.4) is 0 Å². The van der Waals surface area contributed by atoms with Gasteiger partial charge in [0.2, 0.25) is 0 Å². The molecule has 0 N–H and O–H groups in total. The van der Waals surface area contributed by atoms with Crippen LogP contribution in [0.15, 0.2) is 53.6 Å². The molecule has 0 unspecified atom stereocenters. The van der Waals surface area contributed by atoms with Crippen LogP contribution in [0.4, 0.5) is 4.39 Å². The molecule has 3 aliphatic heterocycles. The molecule has 2 saturated heterocycles. The van der Waals surface area contributed by atoms with E-state index in [2.05, 4.69) is 10.0 Å². The van der Waals surface area contributed by atoms with Gasteiger partial charge < -0.3 is 9.47 Å². The van der Waals surface area contributed by atoms with Crippen LogP contribution in [0.2, 0.25) is 5.02 Å². The number of amides is 1. The molecule has 0 bridgehead atoms. The van der Waals surface area contributed by atoms with Crippen molar-refractivity contribution in [2.45, 2.75) is 31.1 Å². The highest BCUT2D eigenvalue weighted by Gasteiger charge is 2.41. The smallest absolute Gasteiger partial charge is 0.257 e. The van der Waals surface area contributed by atoms with Gasteiger partial charge in [0.25, 0.3) is 5.91 Å². The summed E-state index contributed by atoms with van der Waals surface area (Å²) in [5.41, 5.74) is 2.40. The Morgan fingerprint density at radius 1 is 1.09 bits per heavy atom. The summed E-state index contributed by atoms with van der Waals surface area (Å²) in [7, 11) is 0. The molecule has 0 aliphatic carbocycles. The van der Waals surface area contributed by atoms with Gasteiger partial charge in [-0.05, 0) is 29.3 Å². The zero-order valence-corrected chi connectivity index (χ0v) is 18.4. The largest absolute Gasteiger partial charge is 0.347 e. The van der Waals surface area contributed by atoms with Crippen LogP contribution in [0.1, 0.15) is 36.4 Å². The van der Waals surface area contributed by atoms with E-state index in [1.165, 1.54) is 12.1 Å². The highest BCUT2D eigenvalue weighted by Crippen LogP contribution is 2.37. The first kappa shape index (κ1) is 21.5. The fourth-order valence-electron chi connectivity index (χ4n) is 4.65. The third-order valence-electron chi connectivity index (χ3n) is 6.40. The number of carbonyl (C=O) groups excluding carboxylic acids is 1. The lowest BCUT2D eigenvalue weighted by Gasteiger charge is -2.37. The highest BCUT2D eigenvalue weighted by atomic mass is 35.5. The molecule has 168 valence electrons. The highest BCUT2D eigenvalue weighted by molar-refractivity contribution is 6.31. The van der Waals surface area contributed by atoms with E-state index in [9.17, 15) is 9.18 Å². The summed E-state index contributed by atoms with van der Waals surface area (Å²) in [6.45, 7) is 2.98. The molecule has 3 heterocycles. The molecule has 32 heavy (non-hydrogen) atoms. The lowest BCUT2D eigenvalue weighted by Crippen LogP contribution is -2.48. The summed E-state index contributed by atoms with van der Waals surface area (Å²) < 4.78 is 25.0. The van der Waals surface area contributed by atoms with Crippen molar-refractivity contribution in [2.75, 3.05) is 32.8 Å². The van der Waals surface area contributed by atoms with Crippen molar-refractivity contribution in [2.24, 2.45) is 5.10 Å². The maximum Gasteiger partial charge on any atom is 0.257 e. The molecule has 3 aliphatic rings. The average Bonchev–Trinajstić information content (AvgIpc) is 3.44. The zero-order chi connectivity index (χ0) is 22.1. The number of piperidine rings is 1. The fraction of sp³-hybridized carbons (Fsp3) is 0.417. The monoisotopic (exact) mass is 457 g/mol. The first-order chi connectivity index (χ1) is 15.5. The van der Waals surface area contributed by atoms with E-state index in [1.807, 2.05) is 24.3 Å². The van der Waals surface area contributed by atoms with E-state index in [-0.39, 0.29) is 24.3 Å². The van der Waals surface area contributed by atoms with Gasteiger partial charge >= 0.3 is 0 Å². The molecule has 0 aromatic heterocycles. The standard InChI is InChI=1S/C24H25ClFN3O3/c25-20-4-2-1-3-19(20)22-15-21(17-5-7-18(26)8-6-17)27-29(22)23(30)16-28-11-9-24(10-12-28)31-13-14-32-24/h1-8,22H,9-16H2/t22-/m0/s1. The van der Waals surface area contributed by atoms with Gasteiger partial charge in [-0.25, -0.2) is 9.40 Å². The van der Waals surface area contributed by atoms with Gasteiger partial charge in [0.1, 0.15) is 5.82 Å². The number of benzene rings is 2. The minimum Gasteiger partial charge on any atom is -0.347 e. The molecule has 0 saturated carbocycles. The second kappa shape index (κ2) is 8.90. The number of rotatable bonds is 4. The normalized spacial score (nSPS) is 23.0. The maximum atomic E-state index is 13.4. The number of hydrogen-bond donors (Lipinski definition) is 0. The Morgan fingerprint density at radius 2 is 1.78 bits per heavy atom. The number of hydrazone groups is 1. The first-order valence-electron chi connectivity index (χ1n) is 10.9. The molecule has 0 radical (unpaired) electrons. The van der Waals surface area contributed by atoms with Gasteiger partial charge in [-0.2, -0.15) is 5.10 Å². The number of carbonyl (C=O) groups is 1. The van der Waals surface area contributed by atoms with E-state index in [0.717, 1.165) is 42.8 Å². The summed E-state index contributed by atoms with van der Waals surface area (Å²) >= 11 is 6.47. The Bertz CT molecular complexity index is 1010. The van der Waals surface area contributed by atoms with E-state index >= 15 is 0 Å². The number of nitrogens with zero attached hydrogens (tertiary/aromatic N) is 3. The van der Waals surface area contributed by atoms with Crippen LogP contribution in [0.25, 0.3) is 0 Å². The number of hydrogen-bond acceptors (Lipinski definition) is 5. The zero-order valence-electron chi connectivity index (χ0n) is 17.7. The molecular weight excluding hydrogens is 433 g/mol. The quantitative estimate of drug-likeness (QED) is 0.696. The van der Waals surface area contributed by atoms with Crippen LogP contribution >= 0.6 is 11.6 Å². The van der Waals surface area contributed by atoms with Crippen LogP contribution in [-0.2, 0) is 14.3 Å². The predicted octanol–water partition coefficient (Wildman–Crippen LogP) is 4.00. The summed E-state index contributed by atoms with van der Waals surface area (Å²) in [6, 6.07) is 13.4. The Labute approximate surface area is 191 Å². The van der Waals surface area contributed by atoms with Gasteiger partial charge in [-0.1, -0.05) is 41.9 Å². The summed E-state index contributed by atoms with van der Waals surface area (Å²) in [5.74, 6) is -0.862. The van der Waals surface area contributed by atoms with Crippen LogP contribution < -0.4 is 0 Å². The minimum absolute atomic E-state index is 0.0868. The summed E-state index contributed by atoms with van der Waals surface area (Å²) in [5, 5.41) is 6.81. The lowest BCUT2D eigenvalue weighted by molar-refractivity contribution is -0.186. The Balaban J connectivity index is 1.35. The van der Waals surface area contributed by atoms with Crippen molar-refractivity contribution in [3.63, 3.8) is 0 Å². The molecule has 2 aromatic carbocycles. The summed E-state index contributed by atoms with van der Waals surface area (Å²) in [6.07, 6.45) is 2.02. The van der Waals surface area contributed by atoms with Gasteiger partial charge in [0.15, 0.2) is 5.79 Å². The van der Waals surface area contributed by atoms with Crippen molar-refractivity contribution < 1.29 is 18.7 Å². The third kappa shape index (κ3) is 4.30. The van der Waals surface area contributed by atoms with Gasteiger partial charge in [0.05, 0.1) is 31.5 Å². The second-order valence-corrected chi connectivity index (χ2v) is 8.82. The van der Waals surface area contributed by atoms with E-state index in [1.54, 1.807) is 17.1 Å². The van der Waals surface area contributed by atoms with E-state index in [0.29, 0.717) is 24.7 Å². The Kier molecular flexibility index (Phi) is 5.99. The van der Waals surface area contributed by atoms with E-state index in [4.69, 9.17) is 21.1 Å². The van der Waals surface area contributed by atoms with Crippen LogP contribution in [0.5, 0.6) is 0 Å². The maximum absolute atomic E-state index is 13.4. The molecule has 8 heteroatoms. The van der Waals surface area contributed by atoms with Crippen molar-refractivity contribution in [3.05, 3.63) is 70.5 Å². The van der Waals surface area contributed by atoms with Crippen molar-refractivity contribution in [3.8, 4) is 0 Å². The SMILES string of the molecule is O=C(CN1CCC2(CC1)OCCO2)N1N=C(c2ccc(F)cc2)C[C@H]1c1ccccc1Cl. The van der Waals surface area contributed by atoms with Gasteiger partial charge in [-0.15, -0.1) is 0 Å². The Hall–Kier alpha value is -2.32. The molecule has 1 spiro atoms. The molecule has 1 atom stereocenters. The molecule has 1 amide bonds. The molecule has 2 aromatic rings.